The van der Waals surface area contributed by atoms with Crippen LogP contribution in [-0.2, 0) is 4.74 Å². The van der Waals surface area contributed by atoms with Gasteiger partial charge in [0.1, 0.15) is 18.3 Å². The first-order valence-corrected chi connectivity index (χ1v) is 12.1. The van der Waals surface area contributed by atoms with Crippen LogP contribution in [0.2, 0.25) is 0 Å². The normalized spacial score (nSPS) is 19.7. The Morgan fingerprint density at radius 2 is 2.08 bits per heavy atom. The summed E-state index contributed by atoms with van der Waals surface area (Å²) >= 11 is 0. The smallest absolute Gasteiger partial charge is 0.407 e. The maximum atomic E-state index is 14.3. The Morgan fingerprint density at radius 1 is 1.34 bits per heavy atom. The summed E-state index contributed by atoms with van der Waals surface area (Å²) in [6.45, 7) is 4.23. The van der Waals surface area contributed by atoms with E-state index in [2.05, 4.69) is 32.1 Å². The van der Waals surface area contributed by atoms with Gasteiger partial charge >= 0.3 is 6.09 Å². The van der Waals surface area contributed by atoms with Gasteiger partial charge in [-0.15, -0.1) is 0 Å². The lowest BCUT2D eigenvalue weighted by atomic mass is 9.75. The quantitative estimate of drug-likeness (QED) is 0.352. The predicted octanol–water partition coefficient (Wildman–Crippen LogP) is 2.80. The number of halogens is 1. The molecule has 3 aromatic rings. The van der Waals surface area contributed by atoms with Crippen molar-refractivity contribution in [1.29, 1.82) is 5.26 Å². The molecule has 1 aliphatic carbocycles. The molecule has 0 saturated heterocycles. The van der Waals surface area contributed by atoms with E-state index in [1.54, 1.807) is 16.6 Å². The summed E-state index contributed by atoms with van der Waals surface area (Å²) in [4.78, 5) is 29.1. The van der Waals surface area contributed by atoms with E-state index in [0.717, 1.165) is 0 Å². The molecule has 1 aliphatic rings. The van der Waals surface area contributed by atoms with E-state index < -0.39 is 29.3 Å². The number of carbonyl (C=O) groups is 2. The summed E-state index contributed by atoms with van der Waals surface area (Å²) < 4.78 is 21.2. The number of hydrogen-bond acceptors (Lipinski definition) is 8. The van der Waals surface area contributed by atoms with E-state index in [0.29, 0.717) is 41.0 Å². The van der Waals surface area contributed by atoms with Gasteiger partial charge in [-0.2, -0.15) is 10.4 Å². The fraction of sp³-hybridized carbons (Fsp3) is 0.423. The minimum absolute atomic E-state index is 0.189. The van der Waals surface area contributed by atoms with E-state index in [4.69, 9.17) is 10.00 Å². The van der Waals surface area contributed by atoms with Crippen molar-refractivity contribution >= 4 is 23.2 Å². The highest BCUT2D eigenvalue weighted by Crippen LogP contribution is 2.38. The zero-order valence-electron chi connectivity index (χ0n) is 21.6. The van der Waals surface area contributed by atoms with Gasteiger partial charge in [0.05, 0.1) is 52.1 Å². The highest BCUT2D eigenvalue weighted by atomic mass is 19.1. The van der Waals surface area contributed by atoms with Crippen LogP contribution in [0.15, 0.2) is 36.7 Å². The minimum atomic E-state index is -1.67. The first kappa shape index (κ1) is 26.8. The van der Waals surface area contributed by atoms with Gasteiger partial charge in [-0.25, -0.2) is 13.7 Å². The highest BCUT2D eigenvalue weighted by molar-refractivity contribution is 6.00. The fourth-order valence-electron chi connectivity index (χ4n) is 4.33. The first-order chi connectivity index (χ1) is 17.9. The predicted molar refractivity (Wildman–Crippen MR) is 137 cm³/mol. The number of ether oxygens (including phenoxy) is 1. The minimum Gasteiger partial charge on any atom is -0.446 e. The van der Waals surface area contributed by atoms with E-state index in [1.807, 2.05) is 19.1 Å². The van der Waals surface area contributed by atoms with Gasteiger partial charge in [-0.05, 0) is 45.0 Å². The number of amides is 2. The molecule has 0 spiro atoms. The monoisotopic (exact) mass is 523 g/mol. The van der Waals surface area contributed by atoms with Gasteiger partial charge in [0.25, 0.3) is 5.91 Å². The molecule has 0 radical (unpaired) electrons. The maximum absolute atomic E-state index is 14.3. The van der Waals surface area contributed by atoms with Gasteiger partial charge < -0.3 is 25.8 Å². The summed E-state index contributed by atoms with van der Waals surface area (Å²) in [6.07, 6.45) is 1.41. The van der Waals surface area contributed by atoms with Crippen LogP contribution in [0.3, 0.4) is 0 Å². The van der Waals surface area contributed by atoms with Crippen LogP contribution in [0.4, 0.5) is 14.9 Å². The summed E-state index contributed by atoms with van der Waals surface area (Å²) in [5.74, 6) is -0.559. The van der Waals surface area contributed by atoms with Crippen molar-refractivity contribution in [2.45, 2.75) is 57.0 Å². The molecule has 1 saturated carbocycles. The van der Waals surface area contributed by atoms with Crippen molar-refractivity contribution in [3.63, 3.8) is 0 Å². The van der Waals surface area contributed by atoms with Crippen LogP contribution in [0.5, 0.6) is 0 Å². The molecule has 0 aliphatic heterocycles. The molecule has 12 heteroatoms. The second-order valence-corrected chi connectivity index (χ2v) is 10.2. The zero-order valence-corrected chi connectivity index (χ0v) is 21.6. The number of alkyl halides is 1. The molecule has 1 fully saturated rings. The third kappa shape index (κ3) is 5.68. The molecule has 0 aromatic carbocycles. The Hall–Kier alpha value is -4.24. The molecule has 1 atom stereocenters. The molecule has 38 heavy (non-hydrogen) atoms. The van der Waals surface area contributed by atoms with Crippen LogP contribution < -0.4 is 16.0 Å². The largest absolute Gasteiger partial charge is 0.446 e. The number of nitriles is 1. The number of aliphatic hydroxyl groups is 1. The topological polar surface area (TPSA) is 154 Å². The standard InChI is InChI=1S/C26H30FN7O4/c1-25(2,37)22(27)14-31-23(35)18-13-30-20(21-6-5-16-7-15(11-28)12-32-34(16)21)8-19(18)33-26(3)9-17(10-26)38-24(36)29-4/h5-8,12-13,17,22,37H,9-10,14H2,1-4H3,(H,29,36)(H,30,33)(H,31,35)/t17-,22-,26+/m1/s1. The average molecular weight is 524 g/mol. The van der Waals surface area contributed by atoms with Crippen LogP contribution >= 0.6 is 0 Å². The molecule has 4 N–H and O–H groups in total. The average Bonchev–Trinajstić information content (AvgIpc) is 3.28. The molecule has 2 amide bonds. The lowest BCUT2D eigenvalue weighted by Gasteiger charge is -2.45. The molecule has 200 valence electrons. The third-order valence-electron chi connectivity index (χ3n) is 6.52. The third-order valence-corrected chi connectivity index (χ3v) is 6.52. The maximum Gasteiger partial charge on any atom is 0.407 e. The molecule has 0 bridgehead atoms. The number of anilines is 1. The number of alkyl carbamates (subject to hydrolysis) is 1. The molecule has 4 rings (SSSR count). The number of nitrogens with zero attached hydrogens (tertiary/aromatic N) is 4. The van der Waals surface area contributed by atoms with E-state index in [9.17, 15) is 19.1 Å². The second kappa shape index (κ2) is 10.3. The van der Waals surface area contributed by atoms with Crippen LogP contribution in [0.25, 0.3) is 16.9 Å². The second-order valence-electron chi connectivity index (χ2n) is 10.2. The van der Waals surface area contributed by atoms with E-state index >= 15 is 0 Å². The van der Waals surface area contributed by atoms with Crippen molar-refractivity contribution < 1.29 is 23.8 Å². The summed E-state index contributed by atoms with van der Waals surface area (Å²) in [6, 6.07) is 9.09. The fourth-order valence-corrected chi connectivity index (χ4v) is 4.33. The lowest BCUT2D eigenvalue weighted by molar-refractivity contribution is -0.00178. The Labute approximate surface area is 219 Å². The number of rotatable bonds is 8. The number of pyridine rings is 1. The molecule has 3 aromatic heterocycles. The summed E-state index contributed by atoms with van der Waals surface area (Å²) in [5.41, 5.74) is 0.843. The molecular weight excluding hydrogens is 493 g/mol. The molecule has 3 heterocycles. The van der Waals surface area contributed by atoms with Crippen molar-refractivity contribution in [1.82, 2.24) is 25.2 Å². The Morgan fingerprint density at radius 3 is 2.74 bits per heavy atom. The summed E-state index contributed by atoms with van der Waals surface area (Å²) in [7, 11) is 1.49. The van der Waals surface area contributed by atoms with Gasteiger partial charge in [-0.1, -0.05) is 0 Å². The number of carbonyl (C=O) groups excluding carboxylic acids is 2. The Kier molecular flexibility index (Phi) is 7.24. The van der Waals surface area contributed by atoms with Crippen molar-refractivity contribution in [3.05, 3.63) is 47.8 Å². The number of aromatic nitrogens is 3. The van der Waals surface area contributed by atoms with Gasteiger partial charge in [0.2, 0.25) is 0 Å². The summed E-state index contributed by atoms with van der Waals surface area (Å²) in [5, 5.41) is 31.7. The molecular formula is C26H30FN7O4. The molecule has 11 nitrogen and oxygen atoms in total. The lowest BCUT2D eigenvalue weighted by Crippen LogP contribution is -2.53. The van der Waals surface area contributed by atoms with Crippen LogP contribution in [-0.4, -0.2) is 68.7 Å². The zero-order chi connectivity index (χ0) is 27.7. The number of nitrogens with one attached hydrogen (secondary N) is 3. The number of fused-ring (bicyclic) bond motifs is 1. The van der Waals surface area contributed by atoms with Crippen molar-refractivity contribution in [2.75, 3.05) is 18.9 Å². The SMILES string of the molecule is CNC(=O)O[C@H]1C[C@@](C)(Nc2cc(-c3ccc4cc(C#N)cnn34)ncc2C(=O)NC[C@@H](F)C(C)(C)O)C1. The van der Waals surface area contributed by atoms with Crippen molar-refractivity contribution in [3.8, 4) is 17.5 Å². The first-order valence-electron chi connectivity index (χ1n) is 12.1. The van der Waals surface area contributed by atoms with E-state index in [-0.39, 0.29) is 18.2 Å². The van der Waals surface area contributed by atoms with Gasteiger partial charge in [-0.3, -0.25) is 9.78 Å². The highest BCUT2D eigenvalue weighted by Gasteiger charge is 2.43. The molecule has 0 unspecified atom stereocenters. The van der Waals surface area contributed by atoms with Crippen LogP contribution in [0.1, 0.15) is 49.5 Å². The van der Waals surface area contributed by atoms with Crippen molar-refractivity contribution in [2.24, 2.45) is 0 Å². The Balaban J connectivity index is 1.63. The van der Waals surface area contributed by atoms with Gasteiger partial charge in [0, 0.05) is 31.6 Å². The van der Waals surface area contributed by atoms with Gasteiger partial charge in [0.15, 0.2) is 0 Å². The van der Waals surface area contributed by atoms with E-state index in [1.165, 1.54) is 33.3 Å². The Bertz CT molecular complexity index is 1400. The number of hydrogen-bond donors (Lipinski definition) is 4. The van der Waals surface area contributed by atoms with Crippen LogP contribution in [0, 0.1) is 11.3 Å².